The zero-order chi connectivity index (χ0) is 17.5. The van der Waals surface area contributed by atoms with Crippen molar-refractivity contribution < 1.29 is 14.3 Å². The lowest BCUT2D eigenvalue weighted by molar-refractivity contribution is -0.121. The molecule has 0 atom stereocenters. The second kappa shape index (κ2) is 8.89. The predicted octanol–water partition coefficient (Wildman–Crippen LogP) is 4.26. The molecule has 4 nitrogen and oxygen atoms in total. The number of hydrogen-bond acceptors (Lipinski definition) is 5. The molecule has 1 heterocycles. The highest BCUT2D eigenvalue weighted by Crippen LogP contribution is 2.34. The molecule has 1 fully saturated rings. The first-order chi connectivity index (χ1) is 11.6. The monoisotopic (exact) mass is 363 g/mol. The standard InChI is InChI=1S/C18H21NO3S2/c1-4-6-10-22-14-8-7-13(11-15(14)21-3)12-16-17(20)19(9-5-2)18(23)24-16/h5,7-8,11-12H,2,4,6,9-10H2,1,3H3/b16-12+. The van der Waals surface area contributed by atoms with Crippen LogP contribution in [-0.4, -0.2) is 35.4 Å². The molecule has 24 heavy (non-hydrogen) atoms. The smallest absolute Gasteiger partial charge is 0.266 e. The molecule has 1 aliphatic heterocycles. The molecule has 0 saturated carbocycles. The van der Waals surface area contributed by atoms with Crippen LogP contribution in [0.4, 0.5) is 0 Å². The summed E-state index contributed by atoms with van der Waals surface area (Å²) in [5.74, 6) is 1.27. The van der Waals surface area contributed by atoms with Crippen LogP contribution in [0.25, 0.3) is 6.08 Å². The summed E-state index contributed by atoms with van der Waals surface area (Å²) in [6, 6.07) is 5.63. The van der Waals surface area contributed by atoms with Gasteiger partial charge in [0.1, 0.15) is 4.32 Å². The molecule has 2 rings (SSSR count). The van der Waals surface area contributed by atoms with E-state index in [4.69, 9.17) is 21.7 Å². The second-order valence-electron chi connectivity index (χ2n) is 5.19. The molecule has 1 aromatic rings. The minimum Gasteiger partial charge on any atom is -0.493 e. The quantitative estimate of drug-likeness (QED) is 0.299. The van der Waals surface area contributed by atoms with Gasteiger partial charge in [-0.05, 0) is 30.2 Å². The topological polar surface area (TPSA) is 38.8 Å². The molecule has 128 valence electrons. The summed E-state index contributed by atoms with van der Waals surface area (Å²) < 4.78 is 11.7. The van der Waals surface area contributed by atoms with E-state index in [1.165, 1.54) is 16.7 Å². The van der Waals surface area contributed by atoms with Crippen molar-refractivity contribution in [3.8, 4) is 11.5 Å². The number of amides is 1. The summed E-state index contributed by atoms with van der Waals surface area (Å²) in [4.78, 5) is 14.5. The van der Waals surface area contributed by atoms with Gasteiger partial charge in [0.15, 0.2) is 11.5 Å². The molecule has 1 amide bonds. The van der Waals surface area contributed by atoms with Crippen molar-refractivity contribution in [2.45, 2.75) is 19.8 Å². The number of nitrogens with zero attached hydrogens (tertiary/aromatic N) is 1. The predicted molar refractivity (Wildman–Crippen MR) is 103 cm³/mol. The van der Waals surface area contributed by atoms with Crippen molar-refractivity contribution in [3.05, 3.63) is 41.3 Å². The van der Waals surface area contributed by atoms with Gasteiger partial charge in [0.05, 0.1) is 18.6 Å². The normalized spacial score (nSPS) is 15.9. The van der Waals surface area contributed by atoms with Crippen LogP contribution in [0.5, 0.6) is 11.5 Å². The van der Waals surface area contributed by atoms with Crippen LogP contribution in [0.3, 0.4) is 0 Å². The lowest BCUT2D eigenvalue weighted by Crippen LogP contribution is -2.27. The van der Waals surface area contributed by atoms with E-state index in [2.05, 4.69) is 13.5 Å². The molecule has 0 radical (unpaired) electrons. The minimum absolute atomic E-state index is 0.0906. The summed E-state index contributed by atoms with van der Waals surface area (Å²) in [7, 11) is 1.61. The van der Waals surface area contributed by atoms with E-state index in [1.54, 1.807) is 13.2 Å². The van der Waals surface area contributed by atoms with E-state index in [0.717, 1.165) is 18.4 Å². The van der Waals surface area contributed by atoms with E-state index in [1.807, 2.05) is 24.3 Å². The average Bonchev–Trinajstić information content (AvgIpc) is 2.84. The average molecular weight is 364 g/mol. The fourth-order valence-corrected chi connectivity index (χ4v) is 3.43. The van der Waals surface area contributed by atoms with Crippen LogP contribution in [0, 0.1) is 0 Å². The zero-order valence-corrected chi connectivity index (χ0v) is 15.5. The number of ether oxygens (including phenoxy) is 2. The number of hydrogen-bond donors (Lipinski definition) is 0. The van der Waals surface area contributed by atoms with Crippen molar-refractivity contribution in [3.63, 3.8) is 0 Å². The number of unbranched alkanes of at least 4 members (excludes halogenated alkanes) is 1. The Morgan fingerprint density at radius 3 is 2.83 bits per heavy atom. The van der Waals surface area contributed by atoms with Crippen molar-refractivity contribution in [1.29, 1.82) is 0 Å². The van der Waals surface area contributed by atoms with Crippen LogP contribution in [0.2, 0.25) is 0 Å². The van der Waals surface area contributed by atoms with Crippen molar-refractivity contribution in [1.82, 2.24) is 4.90 Å². The third kappa shape index (κ3) is 4.39. The number of carbonyl (C=O) groups is 1. The van der Waals surface area contributed by atoms with Gasteiger partial charge in [0, 0.05) is 6.54 Å². The van der Waals surface area contributed by atoms with E-state index >= 15 is 0 Å². The number of benzene rings is 1. The van der Waals surface area contributed by atoms with Crippen molar-refractivity contribution >= 4 is 40.3 Å². The van der Waals surface area contributed by atoms with Gasteiger partial charge in [-0.3, -0.25) is 9.69 Å². The maximum absolute atomic E-state index is 12.4. The Morgan fingerprint density at radius 2 is 2.17 bits per heavy atom. The first kappa shape index (κ1) is 18.5. The second-order valence-corrected chi connectivity index (χ2v) is 6.87. The maximum atomic E-state index is 12.4. The number of thioether (sulfide) groups is 1. The Labute approximate surface area is 152 Å². The Morgan fingerprint density at radius 1 is 1.38 bits per heavy atom. The third-order valence-electron chi connectivity index (χ3n) is 3.43. The van der Waals surface area contributed by atoms with E-state index in [9.17, 15) is 4.79 Å². The number of methoxy groups -OCH3 is 1. The summed E-state index contributed by atoms with van der Waals surface area (Å²) in [6.45, 7) is 6.85. The summed E-state index contributed by atoms with van der Waals surface area (Å²) in [6.07, 6.45) is 5.56. The Balaban J connectivity index is 2.19. The van der Waals surface area contributed by atoms with Gasteiger partial charge in [-0.25, -0.2) is 0 Å². The molecule has 1 aliphatic rings. The van der Waals surface area contributed by atoms with Gasteiger partial charge in [0.2, 0.25) is 0 Å². The lowest BCUT2D eigenvalue weighted by atomic mass is 10.2. The zero-order valence-electron chi connectivity index (χ0n) is 13.9. The Kier molecular flexibility index (Phi) is 6.87. The lowest BCUT2D eigenvalue weighted by Gasteiger charge is -2.11. The minimum atomic E-state index is -0.0906. The molecular weight excluding hydrogens is 342 g/mol. The van der Waals surface area contributed by atoms with Crippen molar-refractivity contribution in [2.24, 2.45) is 0 Å². The number of thiocarbonyl (C=S) groups is 1. The van der Waals surface area contributed by atoms with Gasteiger partial charge in [-0.2, -0.15) is 0 Å². The van der Waals surface area contributed by atoms with Crippen LogP contribution in [0.15, 0.2) is 35.8 Å². The molecule has 1 saturated heterocycles. The molecule has 6 heteroatoms. The van der Waals surface area contributed by atoms with Crippen LogP contribution >= 0.6 is 24.0 Å². The van der Waals surface area contributed by atoms with Crippen LogP contribution in [0.1, 0.15) is 25.3 Å². The first-order valence-electron chi connectivity index (χ1n) is 7.77. The van der Waals surface area contributed by atoms with Crippen molar-refractivity contribution in [2.75, 3.05) is 20.3 Å². The van der Waals surface area contributed by atoms with Crippen LogP contribution < -0.4 is 9.47 Å². The number of carbonyl (C=O) groups excluding carboxylic acids is 1. The Hall–Kier alpha value is -1.79. The fourth-order valence-electron chi connectivity index (χ4n) is 2.16. The molecule has 0 aromatic heterocycles. The van der Waals surface area contributed by atoms with Gasteiger partial charge in [-0.15, -0.1) is 6.58 Å². The molecule has 0 N–H and O–H groups in total. The maximum Gasteiger partial charge on any atom is 0.266 e. The fraction of sp³-hybridized carbons (Fsp3) is 0.333. The van der Waals surface area contributed by atoms with Gasteiger partial charge in [0.25, 0.3) is 5.91 Å². The molecule has 1 aromatic carbocycles. The summed E-state index contributed by atoms with van der Waals surface area (Å²) in [5.41, 5.74) is 0.869. The largest absolute Gasteiger partial charge is 0.493 e. The van der Waals surface area contributed by atoms with E-state index in [0.29, 0.717) is 33.9 Å². The molecule has 0 bridgehead atoms. The highest BCUT2D eigenvalue weighted by atomic mass is 32.2. The highest BCUT2D eigenvalue weighted by Gasteiger charge is 2.30. The molecular formula is C18H21NO3S2. The number of rotatable bonds is 8. The van der Waals surface area contributed by atoms with Crippen LogP contribution in [-0.2, 0) is 4.79 Å². The van der Waals surface area contributed by atoms with Gasteiger partial charge < -0.3 is 9.47 Å². The Bertz CT molecular complexity index is 670. The molecule has 0 spiro atoms. The third-order valence-corrected chi connectivity index (χ3v) is 4.80. The van der Waals surface area contributed by atoms with Gasteiger partial charge >= 0.3 is 0 Å². The molecule has 0 unspecified atom stereocenters. The summed E-state index contributed by atoms with van der Waals surface area (Å²) >= 11 is 6.54. The van der Waals surface area contributed by atoms with E-state index < -0.39 is 0 Å². The van der Waals surface area contributed by atoms with Gasteiger partial charge in [-0.1, -0.05) is 49.5 Å². The first-order valence-corrected chi connectivity index (χ1v) is 9.00. The highest BCUT2D eigenvalue weighted by molar-refractivity contribution is 8.26. The van der Waals surface area contributed by atoms with E-state index in [-0.39, 0.29) is 5.91 Å². The SMILES string of the molecule is C=CCN1C(=O)/C(=C\c2ccc(OCCCC)c(OC)c2)SC1=S. The molecule has 0 aliphatic carbocycles. The summed E-state index contributed by atoms with van der Waals surface area (Å²) in [5, 5.41) is 0.